The molecule has 0 heterocycles. The van der Waals surface area contributed by atoms with Crippen LogP contribution in [-0.2, 0) is 4.57 Å². The van der Waals surface area contributed by atoms with Gasteiger partial charge in [-0.25, -0.2) is 0 Å². The normalized spacial score (nSPS) is 15.1. The molecule has 0 aliphatic carbocycles. The van der Waals surface area contributed by atoms with Gasteiger partial charge in [-0.2, -0.15) is 0 Å². The summed E-state index contributed by atoms with van der Waals surface area (Å²) in [7, 11) is -2.41. The zero-order valence-corrected chi connectivity index (χ0v) is 4.79. The molecule has 0 spiro atoms. The molecule has 0 fully saturated rings. The average Bonchev–Trinajstić information content (AvgIpc) is 1.61. The molecule has 7 heavy (non-hydrogen) atoms. The molecule has 42 valence electrons. The molecule has 0 saturated carbocycles. The minimum atomic E-state index is -2.41. The average molecular weight is 121 g/mol. The minimum absolute atomic E-state index is 0.330. The van der Waals surface area contributed by atoms with Gasteiger partial charge in [0.15, 0.2) is 0 Å². The molecule has 3 nitrogen and oxygen atoms in total. The van der Waals surface area contributed by atoms with E-state index in [0.717, 1.165) is 0 Å². The third-order valence-corrected chi connectivity index (χ3v) is 0.917. The van der Waals surface area contributed by atoms with E-state index in [1.54, 1.807) is 0 Å². The summed E-state index contributed by atoms with van der Waals surface area (Å²) in [5, 5.41) is 0. The first-order chi connectivity index (χ1) is 3.27. The summed E-state index contributed by atoms with van der Waals surface area (Å²) in [5.74, 6) is 1.20. The second-order valence-electron chi connectivity index (χ2n) is 0.976. The van der Waals surface area contributed by atoms with Crippen molar-refractivity contribution in [2.24, 2.45) is 5.73 Å². The van der Waals surface area contributed by atoms with Crippen LogP contribution in [0.3, 0.4) is 0 Å². The Balaban J connectivity index is 3.26. The quantitative estimate of drug-likeness (QED) is 0.502. The van der Waals surface area contributed by atoms with Crippen LogP contribution >= 0.6 is 8.03 Å². The van der Waals surface area contributed by atoms with Gasteiger partial charge >= 0.3 is 0 Å². The van der Waals surface area contributed by atoms with E-state index in [-0.39, 0.29) is 0 Å². The maximum atomic E-state index is 9.80. The molecule has 0 rings (SSSR count). The molecule has 1 unspecified atom stereocenters. The smallest absolute Gasteiger partial charge is 0.210 e. The van der Waals surface area contributed by atoms with Gasteiger partial charge in [-0.3, -0.25) is 4.57 Å². The van der Waals surface area contributed by atoms with Crippen molar-refractivity contribution in [3.63, 3.8) is 0 Å². The van der Waals surface area contributed by atoms with Gasteiger partial charge in [0, 0.05) is 6.54 Å². The van der Waals surface area contributed by atoms with E-state index in [9.17, 15) is 4.57 Å². The lowest BCUT2D eigenvalue weighted by atomic mass is 10.7. The Morgan fingerprint density at radius 3 is 2.57 bits per heavy atom. The van der Waals surface area contributed by atoms with Gasteiger partial charge in [-0.15, -0.1) is 0 Å². The fourth-order valence-electron chi connectivity index (χ4n) is 0.169. The first kappa shape index (κ1) is 6.89. The van der Waals surface area contributed by atoms with Crippen molar-refractivity contribution < 1.29 is 9.46 Å². The van der Waals surface area contributed by atoms with Crippen molar-refractivity contribution in [3.8, 4) is 0 Å². The molecular weight excluding hydrogens is 113 g/mol. The molecule has 0 radical (unpaired) electrons. The van der Waals surface area contributed by atoms with Crippen LogP contribution in [0.1, 0.15) is 0 Å². The number of hydrogen-bond acceptors (Lipinski definition) is 2. The van der Waals surface area contributed by atoms with Gasteiger partial charge < -0.3 is 10.6 Å². The van der Waals surface area contributed by atoms with Crippen molar-refractivity contribution in [2.75, 3.05) is 6.54 Å². The van der Waals surface area contributed by atoms with Crippen molar-refractivity contribution in [1.82, 2.24) is 0 Å². The van der Waals surface area contributed by atoms with E-state index in [1.165, 1.54) is 11.9 Å². The molecule has 4 heteroatoms. The van der Waals surface area contributed by atoms with Gasteiger partial charge in [0.05, 0.1) is 0 Å². The highest BCUT2D eigenvalue weighted by Gasteiger charge is 1.74. The molecule has 0 aromatic rings. The standard InChI is InChI=1S/C3H8NO2P/c4-2-1-3-7(5)6/h1,3,7H,2,4H2,(H,5,6). The molecule has 0 aromatic heterocycles. The van der Waals surface area contributed by atoms with E-state index in [4.69, 9.17) is 10.6 Å². The van der Waals surface area contributed by atoms with Crippen LogP contribution in [0, 0.1) is 0 Å². The van der Waals surface area contributed by atoms with E-state index >= 15 is 0 Å². The maximum Gasteiger partial charge on any atom is 0.210 e. The summed E-state index contributed by atoms with van der Waals surface area (Å²) in [5.41, 5.74) is 4.96. The summed E-state index contributed by atoms with van der Waals surface area (Å²) < 4.78 is 9.80. The lowest BCUT2D eigenvalue weighted by Crippen LogP contribution is -1.91. The van der Waals surface area contributed by atoms with E-state index in [2.05, 4.69) is 0 Å². The Morgan fingerprint density at radius 2 is 2.43 bits per heavy atom. The zero-order valence-electron chi connectivity index (χ0n) is 3.79. The highest BCUT2D eigenvalue weighted by Crippen LogP contribution is 2.12. The van der Waals surface area contributed by atoms with Crippen LogP contribution in [0.5, 0.6) is 0 Å². The number of hydrogen-bond donors (Lipinski definition) is 2. The maximum absolute atomic E-state index is 9.80. The van der Waals surface area contributed by atoms with Crippen LogP contribution in [0.4, 0.5) is 0 Å². The molecule has 0 saturated heterocycles. The Hall–Kier alpha value is -0.110. The molecule has 0 aliphatic heterocycles. The van der Waals surface area contributed by atoms with Gasteiger partial charge in [-0.1, -0.05) is 6.08 Å². The summed E-state index contributed by atoms with van der Waals surface area (Å²) in [6.45, 7) is 0.330. The van der Waals surface area contributed by atoms with Gasteiger partial charge in [0.25, 0.3) is 0 Å². The minimum Gasteiger partial charge on any atom is -0.344 e. The van der Waals surface area contributed by atoms with Crippen LogP contribution in [0.15, 0.2) is 11.9 Å². The van der Waals surface area contributed by atoms with Gasteiger partial charge in [0.1, 0.15) is 0 Å². The predicted octanol–water partition coefficient (Wildman–Crippen LogP) is -0.0742. The SMILES string of the molecule is NCC=C[PH](=O)O. The topological polar surface area (TPSA) is 63.3 Å². The molecule has 0 amide bonds. The highest BCUT2D eigenvalue weighted by atomic mass is 31.1. The summed E-state index contributed by atoms with van der Waals surface area (Å²) in [6.07, 6.45) is 1.46. The van der Waals surface area contributed by atoms with Gasteiger partial charge in [0.2, 0.25) is 8.03 Å². The fourth-order valence-corrected chi connectivity index (χ4v) is 0.507. The predicted molar refractivity (Wildman–Crippen MR) is 29.4 cm³/mol. The molecule has 3 N–H and O–H groups in total. The molecule has 0 bridgehead atoms. The van der Waals surface area contributed by atoms with Gasteiger partial charge in [-0.05, 0) is 5.82 Å². The molecule has 0 aromatic carbocycles. The highest BCUT2D eigenvalue weighted by molar-refractivity contribution is 7.41. The van der Waals surface area contributed by atoms with E-state index < -0.39 is 8.03 Å². The van der Waals surface area contributed by atoms with Crippen LogP contribution in [-0.4, -0.2) is 11.4 Å². The van der Waals surface area contributed by atoms with Crippen LogP contribution in [0.25, 0.3) is 0 Å². The Kier molecular flexibility index (Phi) is 4.00. The monoisotopic (exact) mass is 121 g/mol. The first-order valence-electron chi connectivity index (χ1n) is 1.87. The lowest BCUT2D eigenvalue weighted by molar-refractivity contribution is 0.512. The summed E-state index contributed by atoms with van der Waals surface area (Å²) in [4.78, 5) is 8.09. The Morgan fingerprint density at radius 1 is 1.86 bits per heavy atom. The Bertz CT molecular complexity index is 90.9. The van der Waals surface area contributed by atoms with E-state index in [1.807, 2.05) is 0 Å². The third-order valence-electron chi connectivity index (χ3n) is 0.397. The summed E-state index contributed by atoms with van der Waals surface area (Å²) >= 11 is 0. The Labute approximate surface area is 42.7 Å². The second-order valence-corrected chi connectivity index (χ2v) is 1.99. The van der Waals surface area contributed by atoms with Crippen LogP contribution < -0.4 is 5.73 Å². The van der Waals surface area contributed by atoms with Crippen LogP contribution in [0.2, 0.25) is 0 Å². The van der Waals surface area contributed by atoms with E-state index in [0.29, 0.717) is 6.54 Å². The number of nitrogens with two attached hydrogens (primary N) is 1. The molecular formula is C3H8NO2P. The molecule has 0 aliphatic rings. The first-order valence-corrected chi connectivity index (χ1v) is 3.30. The second kappa shape index (κ2) is 4.06. The summed E-state index contributed by atoms with van der Waals surface area (Å²) in [6, 6.07) is 0. The largest absolute Gasteiger partial charge is 0.344 e. The lowest BCUT2D eigenvalue weighted by Gasteiger charge is -1.76. The number of rotatable bonds is 2. The molecule has 1 atom stereocenters. The fraction of sp³-hybridized carbons (Fsp3) is 0.333. The van der Waals surface area contributed by atoms with Crippen molar-refractivity contribution >= 4 is 8.03 Å². The van der Waals surface area contributed by atoms with Crippen molar-refractivity contribution in [3.05, 3.63) is 11.9 Å². The third kappa shape index (κ3) is 5.89. The zero-order chi connectivity index (χ0) is 5.70. The van der Waals surface area contributed by atoms with Crippen molar-refractivity contribution in [2.45, 2.75) is 0 Å². The van der Waals surface area contributed by atoms with Crippen molar-refractivity contribution in [1.29, 1.82) is 0 Å².